The van der Waals surface area contributed by atoms with Crippen LogP contribution in [0.15, 0.2) is 4.47 Å². The number of hydrogen-bond donors (Lipinski definition) is 0. The van der Waals surface area contributed by atoms with Crippen molar-refractivity contribution in [3.63, 3.8) is 0 Å². The van der Waals surface area contributed by atoms with Gasteiger partial charge in [-0.25, -0.2) is 0 Å². The molecule has 19 heavy (non-hydrogen) atoms. The van der Waals surface area contributed by atoms with Crippen LogP contribution in [0.3, 0.4) is 0 Å². The molecular formula is C15H26BrN3. The maximum Gasteiger partial charge on any atom is 0.0739 e. The summed E-state index contributed by atoms with van der Waals surface area (Å²) in [7, 11) is 0. The van der Waals surface area contributed by atoms with Crippen LogP contribution in [-0.4, -0.2) is 27.3 Å². The first-order valence-electron chi connectivity index (χ1n) is 7.48. The average Bonchev–Trinajstić information content (AvgIpc) is 3.16. The van der Waals surface area contributed by atoms with Gasteiger partial charge in [0.15, 0.2) is 0 Å². The summed E-state index contributed by atoms with van der Waals surface area (Å²) in [4.78, 5) is 2.65. The highest BCUT2D eigenvalue weighted by molar-refractivity contribution is 9.10. The summed E-state index contributed by atoms with van der Waals surface area (Å²) in [6.45, 7) is 12.1. The van der Waals surface area contributed by atoms with E-state index in [0.717, 1.165) is 30.7 Å². The predicted octanol–water partition coefficient (Wildman–Crippen LogP) is 3.98. The molecule has 1 aliphatic carbocycles. The van der Waals surface area contributed by atoms with E-state index in [1.807, 2.05) is 0 Å². The van der Waals surface area contributed by atoms with Gasteiger partial charge in [-0.2, -0.15) is 5.10 Å². The lowest BCUT2D eigenvalue weighted by molar-refractivity contribution is 0.232. The molecule has 0 atom stereocenters. The average molecular weight is 328 g/mol. The summed E-state index contributed by atoms with van der Waals surface area (Å²) < 4.78 is 3.34. The summed E-state index contributed by atoms with van der Waals surface area (Å²) in [6, 6.07) is 0.811. The van der Waals surface area contributed by atoms with Gasteiger partial charge in [-0.1, -0.05) is 13.8 Å². The van der Waals surface area contributed by atoms with Crippen LogP contribution in [0.2, 0.25) is 0 Å². The van der Waals surface area contributed by atoms with Crippen molar-refractivity contribution in [2.75, 3.05) is 6.54 Å². The molecule has 0 aliphatic heterocycles. The number of hydrogen-bond acceptors (Lipinski definition) is 2. The van der Waals surface area contributed by atoms with Gasteiger partial charge in [-0.15, -0.1) is 0 Å². The highest BCUT2D eigenvalue weighted by Crippen LogP contribution is 2.31. The van der Waals surface area contributed by atoms with E-state index in [0.29, 0.717) is 0 Å². The Hall–Kier alpha value is -0.350. The molecule has 0 aromatic carbocycles. The monoisotopic (exact) mass is 327 g/mol. The fraction of sp³-hybridized carbons (Fsp3) is 0.800. The van der Waals surface area contributed by atoms with Gasteiger partial charge in [0.1, 0.15) is 0 Å². The highest BCUT2D eigenvalue weighted by Gasteiger charge is 2.30. The first kappa shape index (κ1) is 15.0. The second-order valence-corrected chi connectivity index (χ2v) is 6.84. The minimum absolute atomic E-state index is 0.780. The topological polar surface area (TPSA) is 21.1 Å². The third kappa shape index (κ3) is 3.82. The molecule has 2 rings (SSSR count). The van der Waals surface area contributed by atoms with E-state index >= 15 is 0 Å². The fourth-order valence-electron chi connectivity index (χ4n) is 2.47. The molecule has 0 N–H and O–H groups in total. The molecule has 0 spiro atoms. The van der Waals surface area contributed by atoms with Crippen LogP contribution in [-0.2, 0) is 13.1 Å². The van der Waals surface area contributed by atoms with Crippen molar-refractivity contribution in [1.82, 2.24) is 14.7 Å². The molecule has 0 bridgehead atoms. The number of aromatic nitrogens is 2. The van der Waals surface area contributed by atoms with Gasteiger partial charge >= 0.3 is 0 Å². The zero-order chi connectivity index (χ0) is 14.0. The van der Waals surface area contributed by atoms with Gasteiger partial charge < -0.3 is 0 Å². The summed E-state index contributed by atoms with van der Waals surface area (Å²) in [6.07, 6.45) is 4.03. The van der Waals surface area contributed by atoms with Crippen LogP contribution in [0.4, 0.5) is 0 Å². The maximum absolute atomic E-state index is 4.60. The third-order valence-corrected chi connectivity index (χ3v) is 4.89. The van der Waals surface area contributed by atoms with Gasteiger partial charge in [0.05, 0.1) is 15.9 Å². The quantitative estimate of drug-likeness (QED) is 0.755. The lowest BCUT2D eigenvalue weighted by atomic mass is 10.1. The smallest absolute Gasteiger partial charge is 0.0739 e. The first-order chi connectivity index (χ1) is 9.02. The Morgan fingerprint density at radius 3 is 2.63 bits per heavy atom. The Balaban J connectivity index is 2.08. The zero-order valence-corrected chi connectivity index (χ0v) is 14.2. The SMILES string of the molecule is CCn1nc(C)c(Br)c1CN(CCC(C)C)C1CC1. The lowest BCUT2D eigenvalue weighted by Gasteiger charge is -2.23. The van der Waals surface area contributed by atoms with Crippen LogP contribution in [0.5, 0.6) is 0 Å². The second-order valence-electron chi connectivity index (χ2n) is 6.05. The molecule has 3 nitrogen and oxygen atoms in total. The molecule has 0 amide bonds. The molecule has 108 valence electrons. The Labute approximate surface area is 125 Å². The van der Waals surface area contributed by atoms with Crippen molar-refractivity contribution in [3.05, 3.63) is 15.9 Å². The number of nitrogens with zero attached hydrogens (tertiary/aromatic N) is 3. The van der Waals surface area contributed by atoms with E-state index in [9.17, 15) is 0 Å². The summed E-state index contributed by atoms with van der Waals surface area (Å²) in [5, 5.41) is 4.60. The van der Waals surface area contributed by atoms with Gasteiger partial charge in [-0.05, 0) is 61.5 Å². The minimum atomic E-state index is 0.780. The second kappa shape index (κ2) is 6.40. The Bertz CT molecular complexity index is 421. The molecule has 1 aromatic rings. The predicted molar refractivity (Wildman–Crippen MR) is 83.2 cm³/mol. The van der Waals surface area contributed by atoms with E-state index in [4.69, 9.17) is 0 Å². The van der Waals surface area contributed by atoms with E-state index in [1.54, 1.807) is 0 Å². The van der Waals surface area contributed by atoms with Crippen molar-refractivity contribution in [2.24, 2.45) is 5.92 Å². The van der Waals surface area contributed by atoms with Crippen LogP contribution in [0.25, 0.3) is 0 Å². The van der Waals surface area contributed by atoms with Crippen LogP contribution in [0, 0.1) is 12.8 Å². The third-order valence-electron chi connectivity index (χ3n) is 3.86. The molecule has 1 aliphatic rings. The fourth-order valence-corrected chi connectivity index (χ4v) is 2.88. The normalized spacial score (nSPS) is 15.7. The Morgan fingerprint density at radius 1 is 1.42 bits per heavy atom. The van der Waals surface area contributed by atoms with E-state index in [2.05, 4.69) is 58.3 Å². The number of aryl methyl sites for hydroxylation is 2. The van der Waals surface area contributed by atoms with E-state index in [1.165, 1.54) is 36.0 Å². The van der Waals surface area contributed by atoms with Crippen LogP contribution < -0.4 is 0 Å². The largest absolute Gasteiger partial charge is 0.295 e. The molecule has 0 saturated heterocycles. The maximum atomic E-state index is 4.60. The molecule has 0 radical (unpaired) electrons. The first-order valence-corrected chi connectivity index (χ1v) is 8.28. The van der Waals surface area contributed by atoms with Crippen molar-refractivity contribution < 1.29 is 0 Å². The van der Waals surface area contributed by atoms with Crippen molar-refractivity contribution in [2.45, 2.75) is 66.1 Å². The van der Waals surface area contributed by atoms with Gasteiger partial charge in [0.2, 0.25) is 0 Å². The number of rotatable bonds is 7. The van der Waals surface area contributed by atoms with Gasteiger partial charge in [0.25, 0.3) is 0 Å². The van der Waals surface area contributed by atoms with Crippen molar-refractivity contribution in [1.29, 1.82) is 0 Å². The van der Waals surface area contributed by atoms with Crippen LogP contribution in [0.1, 0.15) is 51.4 Å². The molecule has 4 heteroatoms. The summed E-state index contributed by atoms with van der Waals surface area (Å²) in [5.41, 5.74) is 2.45. The standard InChI is InChI=1S/C15H26BrN3/c1-5-19-14(15(16)12(4)17-19)10-18(13-6-7-13)9-8-11(2)3/h11,13H,5-10H2,1-4H3. The molecule has 1 heterocycles. The van der Waals surface area contributed by atoms with E-state index < -0.39 is 0 Å². The zero-order valence-electron chi connectivity index (χ0n) is 12.6. The van der Waals surface area contributed by atoms with Gasteiger partial charge in [-0.3, -0.25) is 9.58 Å². The van der Waals surface area contributed by atoms with E-state index in [-0.39, 0.29) is 0 Å². The summed E-state index contributed by atoms with van der Waals surface area (Å²) in [5.74, 6) is 0.780. The molecule has 0 unspecified atom stereocenters. The lowest BCUT2D eigenvalue weighted by Crippen LogP contribution is -2.29. The number of halogens is 1. The Morgan fingerprint density at radius 2 is 2.11 bits per heavy atom. The van der Waals surface area contributed by atoms with Crippen molar-refractivity contribution >= 4 is 15.9 Å². The highest BCUT2D eigenvalue weighted by atomic mass is 79.9. The molecule has 1 saturated carbocycles. The van der Waals surface area contributed by atoms with Gasteiger partial charge in [0, 0.05) is 19.1 Å². The van der Waals surface area contributed by atoms with Crippen LogP contribution >= 0.6 is 15.9 Å². The Kier molecular flexibility index (Phi) is 5.07. The molecule has 1 aromatic heterocycles. The van der Waals surface area contributed by atoms with Crippen molar-refractivity contribution in [3.8, 4) is 0 Å². The minimum Gasteiger partial charge on any atom is -0.295 e. The molecular weight excluding hydrogens is 302 g/mol. The molecule has 1 fully saturated rings. The summed E-state index contributed by atoms with van der Waals surface area (Å²) >= 11 is 3.71.